The lowest BCUT2D eigenvalue weighted by Gasteiger charge is -1.98. The summed E-state index contributed by atoms with van der Waals surface area (Å²) in [4.78, 5) is 3.83. The second kappa shape index (κ2) is 4.17. The number of rotatable bonds is 2. The molecular formula is C10H9NO2. The number of phenols is 2. The molecule has 0 unspecified atom stereocenters. The molecule has 1 aromatic carbocycles. The summed E-state index contributed by atoms with van der Waals surface area (Å²) >= 11 is 0. The van der Waals surface area contributed by atoms with Crippen molar-refractivity contribution in [3.63, 3.8) is 0 Å². The van der Waals surface area contributed by atoms with Crippen molar-refractivity contribution in [1.29, 1.82) is 0 Å². The zero-order valence-corrected chi connectivity index (χ0v) is 6.94. The van der Waals surface area contributed by atoms with Gasteiger partial charge in [0.05, 0.1) is 6.54 Å². The fourth-order valence-electron chi connectivity index (χ4n) is 0.842. The summed E-state index contributed by atoms with van der Waals surface area (Å²) < 4.78 is 0. The van der Waals surface area contributed by atoms with E-state index >= 15 is 0 Å². The Morgan fingerprint density at radius 2 is 2.23 bits per heavy atom. The van der Waals surface area contributed by atoms with Gasteiger partial charge in [-0.1, -0.05) is 5.92 Å². The Kier molecular flexibility index (Phi) is 2.93. The number of benzene rings is 1. The first-order chi connectivity index (χ1) is 6.24. The van der Waals surface area contributed by atoms with Crippen molar-refractivity contribution < 1.29 is 10.2 Å². The number of nitrogens with zero attached hydrogens (tertiary/aromatic N) is 1. The third-order valence-corrected chi connectivity index (χ3v) is 1.42. The largest absolute Gasteiger partial charge is 0.508 e. The van der Waals surface area contributed by atoms with Crippen LogP contribution in [0.3, 0.4) is 0 Å². The van der Waals surface area contributed by atoms with E-state index in [1.807, 2.05) is 0 Å². The monoisotopic (exact) mass is 175 g/mol. The minimum absolute atomic E-state index is 0.0681. The third kappa shape index (κ3) is 2.53. The molecule has 0 heterocycles. The molecule has 0 aliphatic rings. The normalized spacial score (nSPS) is 10.1. The molecule has 3 heteroatoms. The second-order valence-corrected chi connectivity index (χ2v) is 2.42. The number of hydrogen-bond acceptors (Lipinski definition) is 3. The van der Waals surface area contributed by atoms with Crippen LogP contribution in [-0.4, -0.2) is 23.0 Å². The zero-order valence-electron chi connectivity index (χ0n) is 6.94. The van der Waals surface area contributed by atoms with Crippen LogP contribution in [0.1, 0.15) is 5.56 Å². The molecule has 3 nitrogen and oxygen atoms in total. The number of terminal acetylenes is 1. The molecule has 0 atom stereocenters. The summed E-state index contributed by atoms with van der Waals surface area (Å²) in [6, 6.07) is 4.20. The van der Waals surface area contributed by atoms with Gasteiger partial charge in [0.1, 0.15) is 11.5 Å². The Hall–Kier alpha value is -1.95. The van der Waals surface area contributed by atoms with Crippen LogP contribution >= 0.6 is 0 Å². The van der Waals surface area contributed by atoms with Crippen molar-refractivity contribution >= 4 is 6.21 Å². The first kappa shape index (κ1) is 9.14. The first-order valence-corrected chi connectivity index (χ1v) is 3.69. The molecule has 0 aromatic heterocycles. The molecule has 0 aliphatic heterocycles. The standard InChI is InChI=1S/C10H9NO2/c1-2-5-11-7-8-6-9(12)3-4-10(8)13/h1,3-4,6-7,12-13H,5H2. The van der Waals surface area contributed by atoms with E-state index in [4.69, 9.17) is 11.5 Å². The van der Waals surface area contributed by atoms with Gasteiger partial charge in [0.15, 0.2) is 0 Å². The van der Waals surface area contributed by atoms with E-state index < -0.39 is 0 Å². The average Bonchev–Trinajstić information content (AvgIpc) is 2.11. The van der Waals surface area contributed by atoms with Gasteiger partial charge in [0.2, 0.25) is 0 Å². The lowest BCUT2D eigenvalue weighted by molar-refractivity contribution is 0.459. The molecule has 0 amide bonds. The number of hydrogen-bond donors (Lipinski definition) is 2. The quantitative estimate of drug-likeness (QED) is 0.402. The maximum Gasteiger partial charge on any atom is 0.124 e. The Bertz CT molecular complexity index is 364. The molecule has 0 spiro atoms. The molecular weight excluding hydrogens is 166 g/mol. The Morgan fingerprint density at radius 1 is 1.46 bits per heavy atom. The van der Waals surface area contributed by atoms with Crippen molar-refractivity contribution in [3.05, 3.63) is 23.8 Å². The SMILES string of the molecule is C#CCN=Cc1cc(O)ccc1O. The van der Waals surface area contributed by atoms with Crippen molar-refractivity contribution in [3.8, 4) is 23.8 Å². The lowest BCUT2D eigenvalue weighted by Crippen LogP contribution is -1.83. The van der Waals surface area contributed by atoms with Crippen molar-refractivity contribution in [2.45, 2.75) is 0 Å². The number of aromatic hydroxyl groups is 2. The van der Waals surface area contributed by atoms with Gasteiger partial charge >= 0.3 is 0 Å². The maximum absolute atomic E-state index is 9.28. The van der Waals surface area contributed by atoms with Gasteiger partial charge in [-0.25, -0.2) is 0 Å². The lowest BCUT2D eigenvalue weighted by atomic mass is 10.2. The predicted molar refractivity (Wildman–Crippen MR) is 51.1 cm³/mol. The summed E-state index contributed by atoms with van der Waals surface area (Å²) in [6.07, 6.45) is 6.41. The third-order valence-electron chi connectivity index (χ3n) is 1.42. The van der Waals surface area contributed by atoms with Crippen LogP contribution in [-0.2, 0) is 0 Å². The topological polar surface area (TPSA) is 52.8 Å². The first-order valence-electron chi connectivity index (χ1n) is 3.69. The highest BCUT2D eigenvalue weighted by molar-refractivity contribution is 5.84. The Morgan fingerprint density at radius 3 is 2.92 bits per heavy atom. The van der Waals surface area contributed by atoms with E-state index in [-0.39, 0.29) is 18.0 Å². The van der Waals surface area contributed by atoms with Crippen LogP contribution in [0.4, 0.5) is 0 Å². The average molecular weight is 175 g/mol. The molecule has 2 N–H and O–H groups in total. The minimum Gasteiger partial charge on any atom is -0.508 e. The highest BCUT2D eigenvalue weighted by atomic mass is 16.3. The van der Waals surface area contributed by atoms with E-state index in [2.05, 4.69) is 10.9 Å². The van der Waals surface area contributed by atoms with Crippen LogP contribution in [0.5, 0.6) is 11.5 Å². The van der Waals surface area contributed by atoms with E-state index in [9.17, 15) is 5.11 Å². The molecule has 13 heavy (non-hydrogen) atoms. The van der Waals surface area contributed by atoms with Gasteiger partial charge in [0, 0.05) is 11.8 Å². The van der Waals surface area contributed by atoms with E-state index in [1.165, 1.54) is 24.4 Å². The van der Waals surface area contributed by atoms with Crippen LogP contribution in [0, 0.1) is 12.3 Å². The number of aliphatic imine (C=N–C) groups is 1. The van der Waals surface area contributed by atoms with E-state index in [0.29, 0.717) is 5.56 Å². The van der Waals surface area contributed by atoms with E-state index in [1.54, 1.807) is 0 Å². The molecule has 0 bridgehead atoms. The molecule has 66 valence electrons. The number of phenolic OH excluding ortho intramolecular Hbond substituents is 2. The van der Waals surface area contributed by atoms with Crippen LogP contribution < -0.4 is 0 Å². The fourth-order valence-corrected chi connectivity index (χ4v) is 0.842. The van der Waals surface area contributed by atoms with Crippen LogP contribution in [0.25, 0.3) is 0 Å². The Labute approximate surface area is 76.4 Å². The molecule has 0 saturated carbocycles. The predicted octanol–water partition coefficient (Wildman–Crippen LogP) is 1.15. The molecule has 0 saturated heterocycles. The van der Waals surface area contributed by atoms with E-state index in [0.717, 1.165) is 0 Å². The smallest absolute Gasteiger partial charge is 0.124 e. The highest BCUT2D eigenvalue weighted by Crippen LogP contribution is 2.19. The maximum atomic E-state index is 9.28. The van der Waals surface area contributed by atoms with Crippen molar-refractivity contribution in [1.82, 2.24) is 0 Å². The van der Waals surface area contributed by atoms with Gasteiger partial charge in [-0.05, 0) is 18.2 Å². The Balaban J connectivity index is 2.88. The van der Waals surface area contributed by atoms with Gasteiger partial charge in [0.25, 0.3) is 0 Å². The summed E-state index contributed by atoms with van der Waals surface area (Å²) in [5, 5.41) is 18.4. The second-order valence-electron chi connectivity index (χ2n) is 2.42. The van der Waals surface area contributed by atoms with Crippen LogP contribution in [0.15, 0.2) is 23.2 Å². The van der Waals surface area contributed by atoms with Gasteiger partial charge in [-0.2, -0.15) is 0 Å². The highest BCUT2D eigenvalue weighted by Gasteiger charge is 1.97. The summed E-state index contributed by atoms with van der Waals surface area (Å²) in [5.41, 5.74) is 0.454. The van der Waals surface area contributed by atoms with Gasteiger partial charge in [-0.15, -0.1) is 6.42 Å². The summed E-state index contributed by atoms with van der Waals surface area (Å²) in [6.45, 7) is 0.259. The molecule has 0 aliphatic carbocycles. The molecule has 1 aromatic rings. The zero-order chi connectivity index (χ0) is 9.68. The van der Waals surface area contributed by atoms with Crippen LogP contribution in [0.2, 0.25) is 0 Å². The van der Waals surface area contributed by atoms with Gasteiger partial charge < -0.3 is 10.2 Å². The van der Waals surface area contributed by atoms with Crippen molar-refractivity contribution in [2.75, 3.05) is 6.54 Å². The minimum atomic E-state index is 0.0681. The van der Waals surface area contributed by atoms with Crippen molar-refractivity contribution in [2.24, 2.45) is 4.99 Å². The molecule has 1 rings (SSSR count). The molecule has 0 fully saturated rings. The fraction of sp³-hybridized carbons (Fsp3) is 0.100. The molecule has 0 radical (unpaired) electrons. The van der Waals surface area contributed by atoms with Gasteiger partial charge in [-0.3, -0.25) is 4.99 Å². The summed E-state index contributed by atoms with van der Waals surface area (Å²) in [7, 11) is 0. The summed E-state index contributed by atoms with van der Waals surface area (Å²) in [5.74, 6) is 2.48.